The van der Waals surface area contributed by atoms with Gasteiger partial charge < -0.3 is 10.2 Å². The Labute approximate surface area is 192 Å². The van der Waals surface area contributed by atoms with Crippen molar-refractivity contribution in [3.8, 4) is 0 Å². The normalized spacial score (nSPS) is 24.2. The number of halogens is 1. The lowest BCUT2D eigenvalue weighted by molar-refractivity contribution is -0.126. The highest BCUT2D eigenvalue weighted by Gasteiger charge is 2.31. The molecule has 174 valence electrons. The van der Waals surface area contributed by atoms with Gasteiger partial charge >= 0.3 is 0 Å². The minimum atomic E-state index is -3.41. The molecule has 3 rings (SSSR count). The van der Waals surface area contributed by atoms with Gasteiger partial charge in [-0.1, -0.05) is 37.6 Å². The molecule has 0 saturated carbocycles. The van der Waals surface area contributed by atoms with Crippen molar-refractivity contribution in [3.05, 3.63) is 34.9 Å². The molecule has 2 fully saturated rings. The molecular weight excluding hydrogens is 434 g/mol. The molecule has 2 heterocycles. The van der Waals surface area contributed by atoms with Crippen molar-refractivity contribution in [1.29, 1.82) is 0 Å². The second-order valence-electron chi connectivity index (χ2n) is 9.41. The van der Waals surface area contributed by atoms with E-state index in [0.717, 1.165) is 37.9 Å². The van der Waals surface area contributed by atoms with Gasteiger partial charge in [0.05, 0.1) is 5.75 Å². The van der Waals surface area contributed by atoms with Crippen LogP contribution in [0.1, 0.15) is 45.1 Å². The summed E-state index contributed by atoms with van der Waals surface area (Å²) in [4.78, 5) is 15.0. The molecule has 1 amide bonds. The number of nitrogens with zero attached hydrogens (tertiary/aromatic N) is 2. The van der Waals surface area contributed by atoms with Gasteiger partial charge in [-0.05, 0) is 61.8 Å². The number of hydrogen-bond acceptors (Lipinski definition) is 4. The van der Waals surface area contributed by atoms with Crippen LogP contribution in [0.5, 0.6) is 0 Å². The number of rotatable bonds is 8. The predicted molar refractivity (Wildman–Crippen MR) is 125 cm³/mol. The number of amides is 1. The molecule has 2 atom stereocenters. The Morgan fingerprint density at radius 3 is 2.48 bits per heavy atom. The van der Waals surface area contributed by atoms with E-state index in [1.807, 2.05) is 0 Å². The molecule has 1 aromatic carbocycles. The minimum absolute atomic E-state index is 0.0574. The summed E-state index contributed by atoms with van der Waals surface area (Å²) in [5, 5.41) is 3.60. The highest BCUT2D eigenvalue weighted by molar-refractivity contribution is 7.88. The van der Waals surface area contributed by atoms with Crippen LogP contribution in [-0.4, -0.2) is 62.8 Å². The van der Waals surface area contributed by atoms with Gasteiger partial charge in [0.2, 0.25) is 15.9 Å². The molecule has 0 bridgehead atoms. The molecule has 31 heavy (non-hydrogen) atoms. The zero-order chi connectivity index (χ0) is 22.4. The first kappa shape index (κ1) is 24.5. The van der Waals surface area contributed by atoms with Crippen LogP contribution in [0.3, 0.4) is 0 Å². The van der Waals surface area contributed by atoms with Crippen LogP contribution in [0.25, 0.3) is 0 Å². The number of carbonyl (C=O) groups excluding carboxylic acids is 1. The quantitative estimate of drug-likeness (QED) is 0.592. The van der Waals surface area contributed by atoms with E-state index >= 15 is 0 Å². The molecule has 2 aliphatic rings. The van der Waals surface area contributed by atoms with Crippen molar-refractivity contribution >= 4 is 27.5 Å². The van der Waals surface area contributed by atoms with Crippen LogP contribution in [0.15, 0.2) is 24.3 Å². The van der Waals surface area contributed by atoms with E-state index in [2.05, 4.69) is 24.1 Å². The third-order valence-electron chi connectivity index (χ3n) is 6.35. The highest BCUT2D eigenvalue weighted by Crippen LogP contribution is 2.23. The maximum absolute atomic E-state index is 12.7. The van der Waals surface area contributed by atoms with E-state index < -0.39 is 10.0 Å². The monoisotopic (exact) mass is 469 g/mol. The van der Waals surface area contributed by atoms with Crippen LogP contribution >= 0.6 is 11.6 Å². The molecular formula is C23H36ClN3O3S. The van der Waals surface area contributed by atoms with Gasteiger partial charge in [0.15, 0.2) is 0 Å². The SMILES string of the molecule is C[C@@H]1C[C@H](C)CN(CCCNC(=O)C2CCN(S(=O)(=O)Cc3cccc(Cl)c3)CC2)C1. The Hall–Kier alpha value is -1.15. The molecule has 0 spiro atoms. The number of likely N-dealkylation sites (tertiary alicyclic amines) is 1. The molecule has 0 aliphatic carbocycles. The molecule has 1 aromatic rings. The third kappa shape index (κ3) is 7.45. The maximum Gasteiger partial charge on any atom is 0.223 e. The molecule has 2 saturated heterocycles. The van der Waals surface area contributed by atoms with Gasteiger partial charge in [-0.2, -0.15) is 0 Å². The fourth-order valence-corrected chi connectivity index (χ4v) is 6.72. The summed E-state index contributed by atoms with van der Waals surface area (Å²) in [6.45, 7) is 9.43. The van der Waals surface area contributed by atoms with Crippen LogP contribution in [-0.2, 0) is 20.6 Å². The Bertz CT molecular complexity index is 830. The Morgan fingerprint density at radius 1 is 1.16 bits per heavy atom. The fourth-order valence-electron chi connectivity index (χ4n) is 4.96. The minimum Gasteiger partial charge on any atom is -0.356 e. The van der Waals surface area contributed by atoms with E-state index in [1.165, 1.54) is 10.7 Å². The third-order valence-corrected chi connectivity index (χ3v) is 8.44. The van der Waals surface area contributed by atoms with E-state index in [-0.39, 0.29) is 17.6 Å². The van der Waals surface area contributed by atoms with Crippen molar-refractivity contribution in [2.24, 2.45) is 17.8 Å². The summed E-state index contributed by atoms with van der Waals surface area (Å²) in [6.07, 6.45) is 3.41. The lowest BCUT2D eigenvalue weighted by Gasteiger charge is -2.35. The summed E-state index contributed by atoms with van der Waals surface area (Å²) >= 11 is 5.97. The number of piperidine rings is 2. The first-order valence-electron chi connectivity index (χ1n) is 11.5. The standard InChI is InChI=1S/C23H36ClN3O3S/c1-18-13-19(2)16-26(15-18)10-4-9-25-23(28)21-7-11-27(12-8-21)31(29,30)17-20-5-3-6-22(24)14-20/h3,5-6,14,18-19,21H,4,7-13,15-17H2,1-2H3,(H,25,28)/t18-,19+. The maximum atomic E-state index is 12.7. The van der Waals surface area contributed by atoms with Crippen molar-refractivity contribution in [1.82, 2.24) is 14.5 Å². The lowest BCUT2D eigenvalue weighted by Crippen LogP contribution is -2.44. The smallest absolute Gasteiger partial charge is 0.223 e. The summed E-state index contributed by atoms with van der Waals surface area (Å²) in [5.74, 6) is 1.40. The van der Waals surface area contributed by atoms with Gasteiger partial charge in [-0.15, -0.1) is 0 Å². The van der Waals surface area contributed by atoms with Gasteiger partial charge in [0.25, 0.3) is 0 Å². The number of carbonyl (C=O) groups is 1. The Kier molecular flexibility index (Phi) is 8.79. The number of benzene rings is 1. The largest absolute Gasteiger partial charge is 0.356 e. The molecule has 2 aliphatic heterocycles. The summed E-state index contributed by atoms with van der Waals surface area (Å²) in [5.41, 5.74) is 0.685. The first-order chi connectivity index (χ1) is 14.7. The zero-order valence-electron chi connectivity index (χ0n) is 18.7. The Morgan fingerprint density at radius 2 is 1.84 bits per heavy atom. The van der Waals surface area contributed by atoms with E-state index in [9.17, 15) is 13.2 Å². The van der Waals surface area contributed by atoms with E-state index in [1.54, 1.807) is 24.3 Å². The number of nitrogens with one attached hydrogen (secondary N) is 1. The number of hydrogen-bond donors (Lipinski definition) is 1. The second-order valence-corrected chi connectivity index (χ2v) is 11.8. The lowest BCUT2D eigenvalue weighted by atomic mass is 9.92. The Balaban J connectivity index is 1.37. The van der Waals surface area contributed by atoms with E-state index in [4.69, 9.17) is 11.6 Å². The highest BCUT2D eigenvalue weighted by atomic mass is 35.5. The average Bonchev–Trinajstić information content (AvgIpc) is 2.70. The average molecular weight is 470 g/mol. The van der Waals surface area contributed by atoms with Crippen LogP contribution < -0.4 is 5.32 Å². The van der Waals surface area contributed by atoms with Crippen LogP contribution in [0.4, 0.5) is 0 Å². The van der Waals surface area contributed by atoms with Gasteiger partial charge in [0.1, 0.15) is 0 Å². The fraction of sp³-hybridized carbons (Fsp3) is 0.696. The zero-order valence-corrected chi connectivity index (χ0v) is 20.3. The van der Waals surface area contributed by atoms with E-state index in [0.29, 0.717) is 43.1 Å². The molecule has 8 heteroatoms. The molecule has 6 nitrogen and oxygen atoms in total. The predicted octanol–water partition coefficient (Wildman–Crippen LogP) is 3.37. The number of sulfonamides is 1. The molecule has 0 radical (unpaired) electrons. The summed E-state index contributed by atoms with van der Waals surface area (Å²) in [6, 6.07) is 6.95. The van der Waals surface area contributed by atoms with Gasteiger partial charge in [-0.3, -0.25) is 4.79 Å². The second kappa shape index (κ2) is 11.1. The van der Waals surface area contributed by atoms with Gasteiger partial charge in [0, 0.05) is 43.7 Å². The summed E-state index contributed by atoms with van der Waals surface area (Å²) < 4.78 is 27.0. The van der Waals surface area contributed by atoms with Crippen LogP contribution in [0, 0.1) is 17.8 Å². The van der Waals surface area contributed by atoms with Crippen molar-refractivity contribution in [2.45, 2.75) is 45.3 Å². The van der Waals surface area contributed by atoms with Crippen molar-refractivity contribution < 1.29 is 13.2 Å². The van der Waals surface area contributed by atoms with Crippen LogP contribution in [0.2, 0.25) is 5.02 Å². The van der Waals surface area contributed by atoms with Crippen molar-refractivity contribution in [3.63, 3.8) is 0 Å². The first-order valence-corrected chi connectivity index (χ1v) is 13.4. The van der Waals surface area contributed by atoms with Crippen molar-refractivity contribution in [2.75, 3.05) is 39.3 Å². The summed E-state index contributed by atoms with van der Waals surface area (Å²) in [7, 11) is -3.41. The topological polar surface area (TPSA) is 69.7 Å². The molecule has 1 N–H and O–H groups in total. The van der Waals surface area contributed by atoms with Gasteiger partial charge in [-0.25, -0.2) is 12.7 Å². The molecule has 0 aromatic heterocycles. The molecule has 0 unspecified atom stereocenters.